The van der Waals surface area contributed by atoms with Crippen LogP contribution in [-0.2, 0) is 18.4 Å². The van der Waals surface area contributed by atoms with E-state index in [1.807, 2.05) is 28.9 Å². The number of carbonyl (C=O) groups excluding carboxylic acids is 1. The SMILES string of the molecule is Cn1cc2cc(C3=NCC4=C3CN(C(=O)C[C@@H]3CCCN(Cc5c(F)cccc5F)C3)CC4)ccc2n1. The summed E-state index contributed by atoms with van der Waals surface area (Å²) < 4.78 is 30.1. The van der Waals surface area contributed by atoms with Gasteiger partial charge in [0, 0.05) is 62.4 Å². The number of piperidine rings is 1. The molecule has 3 aliphatic heterocycles. The zero-order valence-corrected chi connectivity index (χ0v) is 21.1. The number of nitrogens with zero attached hydrogens (tertiary/aromatic N) is 5. The fraction of sp³-hybridized carbons (Fsp3) is 0.414. The summed E-state index contributed by atoms with van der Waals surface area (Å²) in [6.45, 7) is 3.73. The van der Waals surface area contributed by atoms with Crippen molar-refractivity contribution in [1.29, 1.82) is 0 Å². The highest BCUT2D eigenvalue weighted by atomic mass is 19.1. The van der Waals surface area contributed by atoms with E-state index in [9.17, 15) is 13.6 Å². The van der Waals surface area contributed by atoms with Gasteiger partial charge in [0.1, 0.15) is 11.6 Å². The summed E-state index contributed by atoms with van der Waals surface area (Å²) >= 11 is 0. The number of hydrogen-bond acceptors (Lipinski definition) is 4. The lowest BCUT2D eigenvalue weighted by Gasteiger charge is -2.35. The molecule has 1 saturated heterocycles. The van der Waals surface area contributed by atoms with Crippen LogP contribution in [0.1, 0.15) is 36.8 Å². The van der Waals surface area contributed by atoms with Crippen molar-refractivity contribution in [2.45, 2.75) is 32.2 Å². The Hall–Kier alpha value is -3.39. The molecule has 6 rings (SSSR count). The van der Waals surface area contributed by atoms with Crippen molar-refractivity contribution in [2.75, 3.05) is 32.7 Å². The third-order valence-corrected chi connectivity index (χ3v) is 7.93. The van der Waals surface area contributed by atoms with Gasteiger partial charge >= 0.3 is 0 Å². The molecule has 0 bridgehead atoms. The molecule has 6 nitrogen and oxygen atoms in total. The van der Waals surface area contributed by atoms with E-state index in [4.69, 9.17) is 4.99 Å². The summed E-state index contributed by atoms with van der Waals surface area (Å²) in [6, 6.07) is 10.2. The van der Waals surface area contributed by atoms with Gasteiger partial charge in [0.2, 0.25) is 5.91 Å². The van der Waals surface area contributed by atoms with E-state index in [-0.39, 0.29) is 23.9 Å². The smallest absolute Gasteiger partial charge is 0.223 e. The van der Waals surface area contributed by atoms with Crippen molar-refractivity contribution in [1.82, 2.24) is 19.6 Å². The second-order valence-corrected chi connectivity index (χ2v) is 10.5. The predicted molar refractivity (Wildman–Crippen MR) is 139 cm³/mol. The fourth-order valence-corrected chi connectivity index (χ4v) is 6.01. The van der Waals surface area contributed by atoms with Crippen LogP contribution < -0.4 is 0 Å². The number of hydrogen-bond donors (Lipinski definition) is 0. The van der Waals surface area contributed by atoms with Crippen molar-refractivity contribution in [3.8, 4) is 0 Å². The highest BCUT2D eigenvalue weighted by molar-refractivity contribution is 6.16. The van der Waals surface area contributed by atoms with Crippen LogP contribution in [0.3, 0.4) is 0 Å². The number of carbonyl (C=O) groups is 1. The molecule has 0 radical (unpaired) electrons. The van der Waals surface area contributed by atoms with Crippen molar-refractivity contribution in [3.05, 3.63) is 76.5 Å². The number of fused-ring (bicyclic) bond motifs is 1. The van der Waals surface area contributed by atoms with Gasteiger partial charge in [-0.15, -0.1) is 0 Å². The Bertz CT molecular complexity index is 1400. The molecule has 0 unspecified atom stereocenters. The first-order chi connectivity index (χ1) is 17.9. The number of likely N-dealkylation sites (tertiary alicyclic amines) is 1. The van der Waals surface area contributed by atoms with Crippen molar-refractivity contribution in [3.63, 3.8) is 0 Å². The van der Waals surface area contributed by atoms with Crippen molar-refractivity contribution < 1.29 is 13.6 Å². The second-order valence-electron chi connectivity index (χ2n) is 10.5. The molecular formula is C29H31F2N5O. The van der Waals surface area contributed by atoms with E-state index in [1.54, 1.807) is 0 Å². The third-order valence-electron chi connectivity index (χ3n) is 7.93. The van der Waals surface area contributed by atoms with E-state index in [0.29, 0.717) is 26.1 Å². The van der Waals surface area contributed by atoms with Gasteiger partial charge in [-0.2, -0.15) is 5.10 Å². The number of halogens is 2. The number of amides is 1. The van der Waals surface area contributed by atoms with Crippen LogP contribution in [0.25, 0.3) is 10.9 Å². The number of rotatable bonds is 5. The molecule has 0 aliphatic carbocycles. The molecule has 4 heterocycles. The highest BCUT2D eigenvalue weighted by Crippen LogP contribution is 2.30. The number of aliphatic imine (C=N–C) groups is 1. The number of aromatic nitrogens is 2. The van der Waals surface area contributed by atoms with Gasteiger partial charge in [-0.25, -0.2) is 8.78 Å². The molecule has 0 spiro atoms. The summed E-state index contributed by atoms with van der Waals surface area (Å²) in [5.41, 5.74) is 5.66. The van der Waals surface area contributed by atoms with Crippen LogP contribution in [0, 0.1) is 17.6 Å². The van der Waals surface area contributed by atoms with E-state index >= 15 is 0 Å². The first-order valence-electron chi connectivity index (χ1n) is 13.1. The maximum Gasteiger partial charge on any atom is 0.223 e. The minimum Gasteiger partial charge on any atom is -0.338 e. The molecule has 3 aliphatic rings. The van der Waals surface area contributed by atoms with E-state index < -0.39 is 11.6 Å². The zero-order chi connectivity index (χ0) is 25.5. The van der Waals surface area contributed by atoms with Gasteiger partial charge in [0.15, 0.2) is 0 Å². The first-order valence-corrected chi connectivity index (χ1v) is 13.1. The Balaban J connectivity index is 1.10. The minimum atomic E-state index is -0.507. The maximum absolute atomic E-state index is 14.1. The van der Waals surface area contributed by atoms with E-state index in [2.05, 4.69) is 22.1 Å². The van der Waals surface area contributed by atoms with Crippen LogP contribution in [-0.4, -0.2) is 63.9 Å². The van der Waals surface area contributed by atoms with E-state index in [0.717, 1.165) is 54.5 Å². The first kappa shape index (κ1) is 24.0. The van der Waals surface area contributed by atoms with Gasteiger partial charge in [-0.1, -0.05) is 12.1 Å². The molecule has 8 heteroatoms. The third kappa shape index (κ3) is 4.82. The lowest BCUT2D eigenvalue weighted by atomic mass is 9.92. The summed E-state index contributed by atoms with van der Waals surface area (Å²) in [6.07, 6.45) is 5.21. The predicted octanol–water partition coefficient (Wildman–Crippen LogP) is 4.49. The molecule has 192 valence electrons. The van der Waals surface area contributed by atoms with Crippen LogP contribution in [0.5, 0.6) is 0 Å². The second kappa shape index (κ2) is 9.82. The van der Waals surface area contributed by atoms with Gasteiger partial charge in [0.05, 0.1) is 17.8 Å². The van der Waals surface area contributed by atoms with Crippen LogP contribution in [0.15, 0.2) is 58.7 Å². The molecule has 1 amide bonds. The Morgan fingerprint density at radius 3 is 2.81 bits per heavy atom. The zero-order valence-electron chi connectivity index (χ0n) is 21.1. The van der Waals surface area contributed by atoms with Crippen LogP contribution in [0.2, 0.25) is 0 Å². The average molecular weight is 504 g/mol. The normalized spacial score (nSPS) is 20.5. The molecule has 1 aromatic heterocycles. The standard InChI is InChI=1S/C29H31F2N5O/c1-34-16-22-13-20(7-8-27(22)33-34)29-23-18-36(11-9-21(23)14-32-29)28(37)12-19-4-3-10-35(15-19)17-24-25(30)5-2-6-26(24)31/h2,5-8,13,16,19H,3-4,9-12,14-15,17-18H2,1H3/t19-/m0/s1. The molecular weight excluding hydrogens is 472 g/mol. The molecule has 0 saturated carbocycles. The van der Waals surface area contributed by atoms with Gasteiger partial charge in [0.25, 0.3) is 0 Å². The Kier molecular flexibility index (Phi) is 6.36. The highest BCUT2D eigenvalue weighted by Gasteiger charge is 2.31. The van der Waals surface area contributed by atoms with Crippen molar-refractivity contribution in [2.24, 2.45) is 18.0 Å². The Morgan fingerprint density at radius 2 is 1.97 bits per heavy atom. The monoisotopic (exact) mass is 503 g/mol. The summed E-state index contributed by atoms with van der Waals surface area (Å²) in [5.74, 6) is -0.666. The molecule has 1 fully saturated rings. The molecule has 3 aromatic rings. The molecule has 37 heavy (non-hydrogen) atoms. The summed E-state index contributed by atoms with van der Waals surface area (Å²) in [7, 11) is 1.92. The maximum atomic E-state index is 14.1. The quantitative estimate of drug-likeness (QED) is 0.516. The lowest BCUT2D eigenvalue weighted by Crippen LogP contribution is -2.41. The summed E-state index contributed by atoms with van der Waals surface area (Å²) in [5, 5.41) is 5.54. The van der Waals surface area contributed by atoms with Gasteiger partial charge in [-0.3, -0.25) is 19.4 Å². The fourth-order valence-electron chi connectivity index (χ4n) is 6.01. The largest absolute Gasteiger partial charge is 0.338 e. The molecule has 1 atom stereocenters. The van der Waals surface area contributed by atoms with Gasteiger partial charge in [-0.05, 0) is 67.1 Å². The minimum absolute atomic E-state index is 0.113. The summed E-state index contributed by atoms with van der Waals surface area (Å²) in [4.78, 5) is 22.3. The van der Waals surface area contributed by atoms with E-state index in [1.165, 1.54) is 29.3 Å². The van der Waals surface area contributed by atoms with Gasteiger partial charge < -0.3 is 4.90 Å². The topological polar surface area (TPSA) is 53.7 Å². The van der Waals surface area contributed by atoms with Crippen LogP contribution >= 0.6 is 0 Å². The average Bonchev–Trinajstić information content (AvgIpc) is 3.48. The molecule has 0 N–H and O–H groups in total. The number of aryl methyl sites for hydroxylation is 1. The number of benzene rings is 2. The Labute approximate surface area is 215 Å². The van der Waals surface area contributed by atoms with Crippen molar-refractivity contribution >= 4 is 22.5 Å². The lowest BCUT2D eigenvalue weighted by molar-refractivity contribution is -0.132. The Morgan fingerprint density at radius 1 is 1.14 bits per heavy atom. The molecule has 2 aromatic carbocycles. The van der Waals surface area contributed by atoms with Crippen LogP contribution in [0.4, 0.5) is 8.78 Å².